The van der Waals surface area contributed by atoms with E-state index in [9.17, 15) is 0 Å². The number of nitrogens with two attached hydrogens (primary N) is 2. The van der Waals surface area contributed by atoms with Crippen LogP contribution in [0.1, 0.15) is 150 Å². The first-order valence-electron chi connectivity index (χ1n) is 25.0. The Morgan fingerprint density at radius 3 is 0.794 bits per heavy atom. The predicted molar refractivity (Wildman–Crippen MR) is 275 cm³/mol. The van der Waals surface area contributed by atoms with Crippen LogP contribution in [0.2, 0.25) is 0 Å². The molecular formula is C58H84N2O8. The van der Waals surface area contributed by atoms with Gasteiger partial charge < -0.3 is 49.4 Å². The molecule has 10 nitrogen and oxygen atoms in total. The third kappa shape index (κ3) is 14.2. The average Bonchev–Trinajstić information content (AvgIpc) is 3.24. The Morgan fingerprint density at radius 1 is 0.353 bits per heavy atom. The van der Waals surface area contributed by atoms with Gasteiger partial charge in [0, 0.05) is 38.8 Å². The van der Waals surface area contributed by atoms with Crippen LogP contribution in [0.25, 0.3) is 0 Å². The molecule has 0 aromatic heterocycles. The molecule has 4 N–H and O–H groups in total. The van der Waals surface area contributed by atoms with Crippen LogP contribution in [-0.4, -0.2) is 92.4 Å². The highest BCUT2D eigenvalue weighted by molar-refractivity contribution is 5.60. The van der Waals surface area contributed by atoms with Crippen molar-refractivity contribution in [2.24, 2.45) is 11.5 Å². The van der Waals surface area contributed by atoms with Crippen molar-refractivity contribution in [2.45, 2.75) is 130 Å². The van der Waals surface area contributed by atoms with Crippen LogP contribution in [0.3, 0.4) is 0 Å². The third-order valence-corrected chi connectivity index (χ3v) is 12.8. The van der Waals surface area contributed by atoms with Gasteiger partial charge in [0.05, 0.1) is 52.9 Å². The molecule has 0 saturated carbocycles. The van der Waals surface area contributed by atoms with Gasteiger partial charge in [0.1, 0.15) is 49.4 Å². The minimum absolute atomic E-state index is 0.163. The van der Waals surface area contributed by atoms with Gasteiger partial charge in [-0.15, -0.1) is 0 Å². The number of rotatable bonds is 6. The van der Waals surface area contributed by atoms with Gasteiger partial charge >= 0.3 is 0 Å². The van der Waals surface area contributed by atoms with Crippen LogP contribution >= 0.6 is 0 Å². The summed E-state index contributed by atoms with van der Waals surface area (Å²) in [6.45, 7) is 33.2. The highest BCUT2D eigenvalue weighted by atomic mass is 16.6. The van der Waals surface area contributed by atoms with E-state index in [4.69, 9.17) is 49.4 Å². The van der Waals surface area contributed by atoms with Gasteiger partial charge in [0.2, 0.25) is 0 Å². The summed E-state index contributed by atoms with van der Waals surface area (Å²) in [6.07, 6.45) is 2.27. The number of hydrogen-bond acceptors (Lipinski definition) is 10. The Kier molecular flexibility index (Phi) is 18.1. The monoisotopic (exact) mass is 937 g/mol. The quantitative estimate of drug-likeness (QED) is 0.170. The van der Waals surface area contributed by atoms with Crippen molar-refractivity contribution in [1.29, 1.82) is 0 Å². The predicted octanol–water partition coefficient (Wildman–Crippen LogP) is 10.1. The second kappa shape index (κ2) is 23.2. The largest absolute Gasteiger partial charge is 0.492 e. The molecule has 1 aliphatic heterocycles. The van der Waals surface area contributed by atoms with E-state index in [1.165, 1.54) is 22.3 Å². The van der Waals surface area contributed by atoms with E-state index < -0.39 is 0 Å². The Hall–Kier alpha value is -4.16. The number of ether oxygens (including phenoxy) is 8. The fourth-order valence-electron chi connectivity index (χ4n) is 8.85. The van der Waals surface area contributed by atoms with Gasteiger partial charge in [-0.25, -0.2) is 0 Å². The number of benzene rings is 4. The second-order valence-electron chi connectivity index (χ2n) is 22.6. The van der Waals surface area contributed by atoms with Crippen LogP contribution in [0.5, 0.6) is 23.0 Å². The summed E-state index contributed by atoms with van der Waals surface area (Å²) in [6, 6.07) is 18.7. The fourth-order valence-corrected chi connectivity index (χ4v) is 8.85. The van der Waals surface area contributed by atoms with Crippen LogP contribution in [0.4, 0.5) is 0 Å². The molecule has 0 atom stereocenters. The lowest BCUT2D eigenvalue weighted by Crippen LogP contribution is -2.19. The van der Waals surface area contributed by atoms with E-state index in [1.807, 2.05) is 0 Å². The molecule has 4 aromatic rings. The molecule has 10 heteroatoms. The number of fused-ring (bicyclic) bond motifs is 2. The van der Waals surface area contributed by atoms with Crippen molar-refractivity contribution in [3.05, 3.63) is 115 Å². The minimum Gasteiger partial charge on any atom is -0.492 e. The summed E-state index contributed by atoms with van der Waals surface area (Å²) in [7, 11) is 0. The summed E-state index contributed by atoms with van der Waals surface area (Å²) in [5, 5.41) is 0. The Balaban J connectivity index is 1.75. The molecule has 1 aliphatic carbocycles. The highest BCUT2D eigenvalue weighted by Crippen LogP contribution is 2.44. The molecule has 0 fully saturated rings. The fraction of sp³-hybridized carbons (Fsp3) is 0.586. The zero-order valence-electron chi connectivity index (χ0n) is 43.8. The highest BCUT2D eigenvalue weighted by Gasteiger charge is 2.29. The summed E-state index contributed by atoms with van der Waals surface area (Å²) in [5.74, 6) is 3.41. The molecule has 2 aliphatic rings. The molecule has 0 spiro atoms. The Morgan fingerprint density at radius 2 is 0.574 bits per heavy atom. The molecular weight excluding hydrogens is 853 g/mol. The van der Waals surface area contributed by atoms with Crippen molar-refractivity contribution < 1.29 is 37.9 Å². The first-order chi connectivity index (χ1) is 32.2. The smallest absolute Gasteiger partial charge is 0.126 e. The molecule has 0 amide bonds. The van der Waals surface area contributed by atoms with Crippen LogP contribution in [-0.2, 0) is 66.3 Å². The van der Waals surface area contributed by atoms with E-state index in [-0.39, 0.29) is 21.7 Å². The van der Waals surface area contributed by atoms with E-state index in [2.05, 4.69) is 132 Å². The molecule has 68 heavy (non-hydrogen) atoms. The first-order valence-corrected chi connectivity index (χ1v) is 25.0. The van der Waals surface area contributed by atoms with Crippen molar-refractivity contribution in [2.75, 3.05) is 92.4 Å². The van der Waals surface area contributed by atoms with Crippen molar-refractivity contribution in [3.8, 4) is 23.0 Å². The molecule has 1 heterocycles. The van der Waals surface area contributed by atoms with Crippen LogP contribution in [0, 0.1) is 0 Å². The van der Waals surface area contributed by atoms with Gasteiger partial charge in [0.25, 0.3) is 0 Å². The summed E-state index contributed by atoms with van der Waals surface area (Å²) in [5.41, 5.74) is 25.4. The molecule has 6 rings (SSSR count). The standard InChI is InChI=1S/C58H84N2O8/c1-55(2,3)47-31-39-27-43-35-49(57(7,8)9)37-45-29-41-33-48(56(4,5)6)34-42(52(41)66-16-14-60)30-46-38-50(58(10,11)12)36-44(28-40(32-47)51(39)65-15-13-59)54(46)68-26-24-64-22-20-62-18-17-61-19-21-63-23-25-67-53(43)45/h31-38H,13-30,59-60H2,1-12H3. The molecule has 10 bridgehead atoms. The van der Waals surface area contributed by atoms with Gasteiger partial charge in [-0.1, -0.05) is 132 Å². The minimum atomic E-state index is -0.167. The van der Waals surface area contributed by atoms with Gasteiger partial charge in [0.15, 0.2) is 0 Å². The Bertz CT molecular complexity index is 2030. The molecule has 374 valence electrons. The van der Waals surface area contributed by atoms with E-state index >= 15 is 0 Å². The molecule has 0 radical (unpaired) electrons. The zero-order valence-corrected chi connectivity index (χ0v) is 43.8. The second-order valence-corrected chi connectivity index (χ2v) is 22.6. The summed E-state index contributed by atoms with van der Waals surface area (Å²) < 4.78 is 51.6. The maximum atomic E-state index is 7.03. The zero-order chi connectivity index (χ0) is 49.3. The first kappa shape index (κ1) is 53.2. The maximum absolute atomic E-state index is 7.03. The Labute approximate surface area is 409 Å². The van der Waals surface area contributed by atoms with Gasteiger partial charge in [-0.2, -0.15) is 0 Å². The van der Waals surface area contributed by atoms with Gasteiger partial charge in [-0.05, 0) is 88.4 Å². The summed E-state index contributed by atoms with van der Waals surface area (Å²) in [4.78, 5) is 0. The van der Waals surface area contributed by atoms with Gasteiger partial charge in [-0.3, -0.25) is 0 Å². The maximum Gasteiger partial charge on any atom is 0.126 e. The van der Waals surface area contributed by atoms with Crippen molar-refractivity contribution in [1.82, 2.24) is 0 Å². The lowest BCUT2D eigenvalue weighted by atomic mass is 9.79. The van der Waals surface area contributed by atoms with E-state index in [1.54, 1.807) is 0 Å². The molecule has 0 unspecified atom stereocenters. The van der Waals surface area contributed by atoms with Crippen molar-refractivity contribution >= 4 is 0 Å². The third-order valence-electron chi connectivity index (χ3n) is 12.8. The lowest BCUT2D eigenvalue weighted by molar-refractivity contribution is -0.00706. The van der Waals surface area contributed by atoms with Crippen molar-refractivity contribution in [3.63, 3.8) is 0 Å². The van der Waals surface area contributed by atoms with E-state index in [0.29, 0.717) is 118 Å². The lowest BCUT2D eigenvalue weighted by Gasteiger charge is -2.29. The van der Waals surface area contributed by atoms with E-state index in [0.717, 1.165) is 67.5 Å². The summed E-state index contributed by atoms with van der Waals surface area (Å²) >= 11 is 0. The molecule has 4 aromatic carbocycles. The SMILES string of the molecule is CC(C)(C)c1cc2c(OCCN)c(c1)Cc1cc(C(C)(C)C)cc3c1OCCOCCOCCOCCOCCOc1c(cc(C(C)(C)C)cc1Cc1cc(C(C)(C)C)cc(c1OCCN)C3)C2. The topological polar surface area (TPSA) is 126 Å². The average molecular weight is 937 g/mol. The van der Waals surface area contributed by atoms with Crippen LogP contribution in [0.15, 0.2) is 48.5 Å². The molecule has 0 saturated heterocycles. The number of hydrogen-bond donors (Lipinski definition) is 2. The normalized spacial score (nSPS) is 16.4. The van der Waals surface area contributed by atoms with Crippen LogP contribution < -0.4 is 30.4 Å².